The lowest BCUT2D eigenvalue weighted by atomic mass is 10.2. The van der Waals surface area contributed by atoms with Gasteiger partial charge in [-0.05, 0) is 58.9 Å². The van der Waals surface area contributed by atoms with Gasteiger partial charge in [-0.1, -0.05) is 0 Å². The lowest BCUT2D eigenvalue weighted by Gasteiger charge is -2.35. The average Bonchev–Trinajstić information content (AvgIpc) is 2.57. The number of esters is 1. The van der Waals surface area contributed by atoms with Crippen molar-refractivity contribution in [2.75, 3.05) is 25.0 Å². The number of anilines is 1. The summed E-state index contributed by atoms with van der Waals surface area (Å²) in [5.41, 5.74) is 0.167. The number of benzene rings is 1. The van der Waals surface area contributed by atoms with Gasteiger partial charge in [0.2, 0.25) is 0 Å². The Balaban J connectivity index is 1.84. The molecule has 0 radical (unpaired) electrons. The van der Waals surface area contributed by atoms with Crippen molar-refractivity contribution in [1.82, 2.24) is 4.90 Å². The number of nitrogens with one attached hydrogen (secondary N) is 1. The Morgan fingerprint density at radius 3 is 2.21 bits per heavy atom. The molecule has 2 rings (SSSR count). The maximum absolute atomic E-state index is 12.2. The van der Waals surface area contributed by atoms with Crippen LogP contribution in [0.25, 0.3) is 0 Å². The van der Waals surface area contributed by atoms with Crippen LogP contribution in [-0.2, 0) is 19.0 Å². The summed E-state index contributed by atoms with van der Waals surface area (Å²) < 4.78 is 15.9. The summed E-state index contributed by atoms with van der Waals surface area (Å²) in [5, 5.41) is 2.58. The molecule has 1 N–H and O–H groups in total. The highest BCUT2D eigenvalue weighted by molar-refractivity contribution is 5.92. The van der Waals surface area contributed by atoms with Gasteiger partial charge < -0.3 is 19.1 Å². The third-order valence-corrected chi connectivity index (χ3v) is 3.86. The summed E-state index contributed by atoms with van der Waals surface area (Å²) >= 11 is 0. The van der Waals surface area contributed by atoms with Crippen LogP contribution in [0.3, 0.4) is 0 Å². The fraction of sp³-hybridized carbons (Fsp3) is 0.550. The van der Waals surface area contributed by atoms with Crippen LogP contribution >= 0.6 is 0 Å². The number of hydrogen-bond donors (Lipinski definition) is 1. The fourth-order valence-corrected chi connectivity index (χ4v) is 2.79. The SMILES string of the molecule is C[C@H]1CN(C(=O)COC(=O)c2ccc(NC(=O)OC(C)(C)C)cc2)C[C@H](C)O1. The van der Waals surface area contributed by atoms with E-state index in [9.17, 15) is 14.4 Å². The molecule has 0 bridgehead atoms. The highest BCUT2D eigenvalue weighted by Gasteiger charge is 2.26. The molecule has 0 aromatic heterocycles. The highest BCUT2D eigenvalue weighted by Crippen LogP contribution is 2.14. The topological polar surface area (TPSA) is 94.2 Å². The second-order valence-electron chi connectivity index (χ2n) is 7.84. The van der Waals surface area contributed by atoms with Gasteiger partial charge in [0.05, 0.1) is 17.8 Å². The molecule has 0 unspecified atom stereocenters. The van der Waals surface area contributed by atoms with Gasteiger partial charge in [-0.15, -0.1) is 0 Å². The van der Waals surface area contributed by atoms with Gasteiger partial charge in [-0.3, -0.25) is 10.1 Å². The summed E-state index contributed by atoms with van der Waals surface area (Å²) in [4.78, 5) is 37.8. The van der Waals surface area contributed by atoms with Crippen LogP contribution in [-0.4, -0.2) is 60.4 Å². The van der Waals surface area contributed by atoms with E-state index < -0.39 is 17.7 Å². The first-order valence-corrected chi connectivity index (χ1v) is 9.24. The zero-order chi connectivity index (χ0) is 20.9. The molecule has 1 heterocycles. The molecule has 2 amide bonds. The Kier molecular flexibility index (Phi) is 7.01. The van der Waals surface area contributed by atoms with Crippen LogP contribution in [0.4, 0.5) is 10.5 Å². The van der Waals surface area contributed by atoms with E-state index in [0.717, 1.165) is 0 Å². The van der Waals surface area contributed by atoms with Crippen LogP contribution in [0.5, 0.6) is 0 Å². The molecule has 1 aromatic carbocycles. The lowest BCUT2D eigenvalue weighted by Crippen LogP contribution is -2.49. The normalized spacial score (nSPS) is 19.7. The van der Waals surface area contributed by atoms with Gasteiger partial charge in [0, 0.05) is 18.8 Å². The van der Waals surface area contributed by atoms with Crippen LogP contribution in [0, 0.1) is 0 Å². The zero-order valence-corrected chi connectivity index (χ0v) is 17.0. The van der Waals surface area contributed by atoms with E-state index in [-0.39, 0.29) is 30.3 Å². The van der Waals surface area contributed by atoms with Crippen molar-refractivity contribution in [2.24, 2.45) is 0 Å². The standard InChI is InChI=1S/C20H28N2O6/c1-13-10-22(11-14(2)27-13)17(23)12-26-18(24)15-6-8-16(9-7-15)21-19(25)28-20(3,4)5/h6-9,13-14H,10-12H2,1-5H3,(H,21,25)/t13-,14-/m0/s1. The van der Waals surface area contributed by atoms with E-state index in [2.05, 4.69) is 5.32 Å². The molecule has 0 spiro atoms. The first-order chi connectivity index (χ1) is 13.0. The lowest BCUT2D eigenvalue weighted by molar-refractivity contribution is -0.146. The van der Waals surface area contributed by atoms with E-state index in [1.807, 2.05) is 13.8 Å². The van der Waals surface area contributed by atoms with Crippen LogP contribution in [0.2, 0.25) is 0 Å². The molecule has 1 aliphatic heterocycles. The Hall–Kier alpha value is -2.61. The number of ether oxygens (including phenoxy) is 3. The zero-order valence-electron chi connectivity index (χ0n) is 17.0. The van der Waals surface area contributed by atoms with Gasteiger partial charge in [0.1, 0.15) is 5.60 Å². The third-order valence-electron chi connectivity index (χ3n) is 3.86. The van der Waals surface area contributed by atoms with Crippen LogP contribution < -0.4 is 5.32 Å². The van der Waals surface area contributed by atoms with Gasteiger partial charge >= 0.3 is 12.1 Å². The molecule has 2 atom stereocenters. The molecular formula is C20H28N2O6. The Labute approximate surface area is 165 Å². The monoisotopic (exact) mass is 392 g/mol. The summed E-state index contributed by atoms with van der Waals surface area (Å²) in [6.07, 6.45) is -0.677. The van der Waals surface area contributed by atoms with E-state index in [1.54, 1.807) is 37.8 Å². The van der Waals surface area contributed by atoms with E-state index in [1.165, 1.54) is 12.1 Å². The summed E-state index contributed by atoms with van der Waals surface area (Å²) in [5.74, 6) is -0.856. The van der Waals surface area contributed by atoms with Crippen molar-refractivity contribution >= 4 is 23.7 Å². The van der Waals surface area contributed by atoms with Gasteiger partial charge in [-0.2, -0.15) is 0 Å². The van der Waals surface area contributed by atoms with E-state index in [0.29, 0.717) is 18.8 Å². The number of rotatable bonds is 4. The predicted octanol–water partition coefficient (Wildman–Crippen LogP) is 2.83. The molecule has 28 heavy (non-hydrogen) atoms. The first kappa shape index (κ1) is 21.7. The molecule has 8 heteroatoms. The number of carbonyl (C=O) groups is 3. The van der Waals surface area contributed by atoms with Crippen molar-refractivity contribution in [3.8, 4) is 0 Å². The molecule has 1 saturated heterocycles. The van der Waals surface area contributed by atoms with Crippen molar-refractivity contribution in [3.63, 3.8) is 0 Å². The number of hydrogen-bond acceptors (Lipinski definition) is 6. The predicted molar refractivity (Wildman–Crippen MR) is 103 cm³/mol. The van der Waals surface area contributed by atoms with E-state index >= 15 is 0 Å². The van der Waals surface area contributed by atoms with Crippen molar-refractivity contribution < 1.29 is 28.6 Å². The van der Waals surface area contributed by atoms with Gasteiger partial charge in [0.25, 0.3) is 5.91 Å². The van der Waals surface area contributed by atoms with Crippen LogP contribution in [0.15, 0.2) is 24.3 Å². The minimum atomic E-state index is -0.605. The van der Waals surface area contributed by atoms with Gasteiger partial charge in [-0.25, -0.2) is 9.59 Å². The second-order valence-corrected chi connectivity index (χ2v) is 7.84. The molecular weight excluding hydrogens is 364 g/mol. The maximum atomic E-state index is 12.2. The number of carbonyl (C=O) groups excluding carboxylic acids is 3. The minimum absolute atomic E-state index is 0.0478. The molecule has 154 valence electrons. The van der Waals surface area contributed by atoms with E-state index in [4.69, 9.17) is 14.2 Å². The third kappa shape index (κ3) is 6.84. The Morgan fingerprint density at radius 2 is 1.68 bits per heavy atom. The molecule has 1 aliphatic rings. The quantitative estimate of drug-likeness (QED) is 0.792. The minimum Gasteiger partial charge on any atom is -0.452 e. The molecule has 0 aliphatic carbocycles. The number of morpholine rings is 1. The highest BCUT2D eigenvalue weighted by atomic mass is 16.6. The smallest absolute Gasteiger partial charge is 0.412 e. The summed E-state index contributed by atoms with van der Waals surface area (Å²) in [7, 11) is 0. The van der Waals surface area contributed by atoms with Gasteiger partial charge in [0.15, 0.2) is 6.61 Å². The van der Waals surface area contributed by atoms with Crippen molar-refractivity contribution in [1.29, 1.82) is 0 Å². The molecule has 1 fully saturated rings. The first-order valence-electron chi connectivity index (χ1n) is 9.24. The fourth-order valence-electron chi connectivity index (χ4n) is 2.79. The molecule has 0 saturated carbocycles. The average molecular weight is 392 g/mol. The van der Waals surface area contributed by atoms with Crippen molar-refractivity contribution in [3.05, 3.63) is 29.8 Å². The Morgan fingerprint density at radius 1 is 1.11 bits per heavy atom. The number of amides is 2. The molecule has 8 nitrogen and oxygen atoms in total. The summed E-state index contributed by atoms with van der Waals surface area (Å²) in [6, 6.07) is 6.15. The maximum Gasteiger partial charge on any atom is 0.412 e. The Bertz CT molecular complexity index is 700. The largest absolute Gasteiger partial charge is 0.452 e. The summed E-state index contributed by atoms with van der Waals surface area (Å²) in [6.45, 7) is 9.74. The van der Waals surface area contributed by atoms with Crippen LogP contribution in [0.1, 0.15) is 45.0 Å². The van der Waals surface area contributed by atoms with Crippen molar-refractivity contribution in [2.45, 2.75) is 52.4 Å². The number of nitrogens with zero attached hydrogens (tertiary/aromatic N) is 1. The second kappa shape index (κ2) is 9.05. The molecule has 1 aromatic rings.